The van der Waals surface area contributed by atoms with E-state index in [1.54, 1.807) is 35.3 Å². The molecule has 3 nitrogen and oxygen atoms in total. The van der Waals surface area contributed by atoms with Crippen molar-refractivity contribution < 1.29 is 8.78 Å². The highest BCUT2D eigenvalue weighted by Crippen LogP contribution is 2.28. The molecule has 5 heteroatoms. The van der Waals surface area contributed by atoms with Crippen LogP contribution in [-0.4, -0.2) is 14.8 Å². The topological polar surface area (TPSA) is 30.7 Å². The summed E-state index contributed by atoms with van der Waals surface area (Å²) in [5.74, 6) is -0.485. The predicted octanol–water partition coefficient (Wildman–Crippen LogP) is 3.78. The molecule has 2 aromatic carbocycles. The van der Waals surface area contributed by atoms with Crippen molar-refractivity contribution in [1.82, 2.24) is 14.8 Å². The normalized spacial score (nSPS) is 11.0. The van der Waals surface area contributed by atoms with E-state index in [-0.39, 0.29) is 17.6 Å². The Hall–Kier alpha value is -2.56. The number of benzene rings is 2. The third-order valence-electron chi connectivity index (χ3n) is 3.66. The second kappa shape index (κ2) is 6.47. The Labute approximate surface area is 127 Å². The minimum atomic E-state index is -0.266. The van der Waals surface area contributed by atoms with Crippen molar-refractivity contribution >= 4 is 0 Å². The van der Waals surface area contributed by atoms with E-state index in [4.69, 9.17) is 0 Å². The third-order valence-corrected chi connectivity index (χ3v) is 3.66. The summed E-state index contributed by atoms with van der Waals surface area (Å²) in [4.78, 5) is 3.92. The molecular formula is C17H15F2N3. The molecule has 0 N–H and O–H groups in total. The maximum atomic E-state index is 13.1. The molecule has 1 aromatic heterocycles. The van der Waals surface area contributed by atoms with E-state index in [2.05, 4.69) is 10.1 Å². The minimum absolute atomic E-state index is 0.0467. The first-order valence-corrected chi connectivity index (χ1v) is 7.06. The predicted molar refractivity (Wildman–Crippen MR) is 79.3 cm³/mol. The molecule has 0 unspecified atom stereocenters. The van der Waals surface area contributed by atoms with Gasteiger partial charge in [-0.3, -0.25) is 4.68 Å². The molecule has 3 rings (SSSR count). The summed E-state index contributed by atoms with van der Waals surface area (Å²) in [5.41, 5.74) is 1.99. The molecule has 0 spiro atoms. The Morgan fingerprint density at radius 2 is 1.41 bits per heavy atom. The Kier molecular flexibility index (Phi) is 4.23. The lowest BCUT2D eigenvalue weighted by atomic mass is 9.88. The van der Waals surface area contributed by atoms with Crippen LogP contribution in [0, 0.1) is 11.6 Å². The minimum Gasteiger partial charge on any atom is -0.253 e. The summed E-state index contributed by atoms with van der Waals surface area (Å²) in [6.45, 7) is 0.680. The SMILES string of the molecule is Fc1ccc(C(CCn2cncn2)c2ccc(F)cc2)cc1. The standard InChI is InChI=1S/C17H15F2N3/c18-15-5-1-13(2-6-15)17(9-10-22-12-20-11-21-22)14-3-7-16(19)8-4-14/h1-8,11-12,17H,9-10H2. The molecule has 1 heterocycles. The fourth-order valence-corrected chi connectivity index (χ4v) is 2.53. The number of rotatable bonds is 5. The van der Waals surface area contributed by atoms with E-state index in [1.807, 2.05) is 0 Å². The summed E-state index contributed by atoms with van der Waals surface area (Å²) >= 11 is 0. The van der Waals surface area contributed by atoms with Gasteiger partial charge in [-0.2, -0.15) is 5.10 Å². The van der Waals surface area contributed by atoms with Gasteiger partial charge in [-0.05, 0) is 41.8 Å². The highest BCUT2D eigenvalue weighted by atomic mass is 19.1. The average molecular weight is 299 g/mol. The van der Waals surface area contributed by atoms with Crippen LogP contribution in [0.1, 0.15) is 23.5 Å². The molecule has 0 radical (unpaired) electrons. The average Bonchev–Trinajstić information content (AvgIpc) is 3.04. The molecule has 0 amide bonds. The summed E-state index contributed by atoms with van der Waals surface area (Å²) < 4.78 is 28.0. The molecule has 0 fully saturated rings. The summed E-state index contributed by atoms with van der Waals surface area (Å²) in [6, 6.07) is 12.9. The number of aromatic nitrogens is 3. The van der Waals surface area contributed by atoms with Gasteiger partial charge >= 0.3 is 0 Å². The molecular weight excluding hydrogens is 284 g/mol. The fourth-order valence-electron chi connectivity index (χ4n) is 2.53. The van der Waals surface area contributed by atoms with Gasteiger partial charge in [0.05, 0.1) is 0 Å². The second-order valence-corrected chi connectivity index (χ2v) is 5.10. The lowest BCUT2D eigenvalue weighted by molar-refractivity contribution is 0.544. The zero-order valence-corrected chi connectivity index (χ0v) is 11.9. The van der Waals surface area contributed by atoms with Crippen LogP contribution in [0.2, 0.25) is 0 Å². The smallest absolute Gasteiger partial charge is 0.137 e. The molecule has 0 bridgehead atoms. The Morgan fingerprint density at radius 1 is 0.864 bits per heavy atom. The molecule has 0 aliphatic rings. The van der Waals surface area contributed by atoms with Crippen molar-refractivity contribution in [3.63, 3.8) is 0 Å². The van der Waals surface area contributed by atoms with Crippen LogP contribution < -0.4 is 0 Å². The van der Waals surface area contributed by atoms with Gasteiger partial charge in [0.1, 0.15) is 24.3 Å². The Bertz CT molecular complexity index is 661. The van der Waals surface area contributed by atoms with Gasteiger partial charge in [-0.15, -0.1) is 0 Å². The van der Waals surface area contributed by atoms with Crippen molar-refractivity contribution in [2.24, 2.45) is 0 Å². The molecule has 3 aromatic rings. The van der Waals surface area contributed by atoms with Gasteiger partial charge in [0.2, 0.25) is 0 Å². The first kappa shape index (κ1) is 14.4. The zero-order chi connectivity index (χ0) is 15.4. The molecule has 0 atom stereocenters. The quantitative estimate of drug-likeness (QED) is 0.718. The number of hydrogen-bond donors (Lipinski definition) is 0. The van der Waals surface area contributed by atoms with E-state index in [0.717, 1.165) is 17.5 Å². The molecule has 0 saturated carbocycles. The molecule has 112 valence electrons. The van der Waals surface area contributed by atoms with Crippen LogP contribution in [0.3, 0.4) is 0 Å². The number of aryl methyl sites for hydroxylation is 1. The van der Waals surface area contributed by atoms with Crippen LogP contribution in [-0.2, 0) is 6.54 Å². The molecule has 0 saturated heterocycles. The van der Waals surface area contributed by atoms with Crippen LogP contribution in [0.25, 0.3) is 0 Å². The lowest BCUT2D eigenvalue weighted by Gasteiger charge is -2.18. The van der Waals surface area contributed by atoms with Gasteiger partial charge in [0.15, 0.2) is 0 Å². The van der Waals surface area contributed by atoms with E-state index >= 15 is 0 Å². The molecule has 0 aliphatic heterocycles. The third kappa shape index (κ3) is 3.36. The second-order valence-electron chi connectivity index (χ2n) is 5.10. The maximum absolute atomic E-state index is 13.1. The highest BCUT2D eigenvalue weighted by molar-refractivity contribution is 5.32. The number of hydrogen-bond acceptors (Lipinski definition) is 2. The number of nitrogens with zero attached hydrogens (tertiary/aromatic N) is 3. The molecule has 0 aliphatic carbocycles. The fraction of sp³-hybridized carbons (Fsp3) is 0.176. The van der Waals surface area contributed by atoms with Gasteiger partial charge in [-0.1, -0.05) is 24.3 Å². The van der Waals surface area contributed by atoms with Crippen LogP contribution in [0.5, 0.6) is 0 Å². The maximum Gasteiger partial charge on any atom is 0.137 e. The van der Waals surface area contributed by atoms with Crippen molar-refractivity contribution in [3.05, 3.63) is 83.9 Å². The van der Waals surface area contributed by atoms with E-state index in [1.165, 1.54) is 30.6 Å². The van der Waals surface area contributed by atoms with Gasteiger partial charge < -0.3 is 0 Å². The molecule has 22 heavy (non-hydrogen) atoms. The monoisotopic (exact) mass is 299 g/mol. The van der Waals surface area contributed by atoms with Crippen molar-refractivity contribution in [1.29, 1.82) is 0 Å². The van der Waals surface area contributed by atoms with Gasteiger partial charge in [0.25, 0.3) is 0 Å². The largest absolute Gasteiger partial charge is 0.253 e. The van der Waals surface area contributed by atoms with E-state index in [9.17, 15) is 8.78 Å². The summed E-state index contributed by atoms with van der Waals surface area (Å²) in [5, 5.41) is 4.09. The van der Waals surface area contributed by atoms with Crippen LogP contribution in [0.15, 0.2) is 61.2 Å². The van der Waals surface area contributed by atoms with Crippen LogP contribution >= 0.6 is 0 Å². The van der Waals surface area contributed by atoms with Crippen molar-refractivity contribution in [2.75, 3.05) is 0 Å². The van der Waals surface area contributed by atoms with Crippen molar-refractivity contribution in [2.45, 2.75) is 18.9 Å². The van der Waals surface area contributed by atoms with Crippen LogP contribution in [0.4, 0.5) is 8.78 Å². The van der Waals surface area contributed by atoms with Gasteiger partial charge in [-0.25, -0.2) is 13.8 Å². The van der Waals surface area contributed by atoms with E-state index in [0.29, 0.717) is 6.54 Å². The number of halogens is 2. The Morgan fingerprint density at radius 3 is 1.86 bits per heavy atom. The van der Waals surface area contributed by atoms with Gasteiger partial charge in [0, 0.05) is 12.5 Å². The van der Waals surface area contributed by atoms with Crippen molar-refractivity contribution in [3.8, 4) is 0 Å². The first-order valence-electron chi connectivity index (χ1n) is 7.06. The first-order chi connectivity index (χ1) is 10.7. The Balaban J connectivity index is 1.87. The summed E-state index contributed by atoms with van der Waals surface area (Å²) in [6.07, 6.45) is 3.91. The van der Waals surface area contributed by atoms with E-state index < -0.39 is 0 Å². The summed E-state index contributed by atoms with van der Waals surface area (Å²) in [7, 11) is 0. The lowest BCUT2D eigenvalue weighted by Crippen LogP contribution is -2.07. The highest BCUT2D eigenvalue weighted by Gasteiger charge is 2.15. The zero-order valence-electron chi connectivity index (χ0n) is 11.9.